The Bertz CT molecular complexity index is 537. The van der Waals surface area contributed by atoms with Gasteiger partial charge in [0.2, 0.25) is 6.29 Å². The molecule has 0 aliphatic carbocycles. The van der Waals surface area contributed by atoms with Gasteiger partial charge in [0, 0.05) is 6.07 Å². The van der Waals surface area contributed by atoms with E-state index >= 15 is 0 Å². The van der Waals surface area contributed by atoms with Crippen LogP contribution in [0.4, 0.5) is 0 Å². The van der Waals surface area contributed by atoms with Crippen molar-refractivity contribution in [2.75, 3.05) is 7.11 Å². The predicted octanol–water partition coefficient (Wildman–Crippen LogP) is 3.80. The van der Waals surface area contributed by atoms with Gasteiger partial charge in [-0.1, -0.05) is 43.0 Å². The van der Waals surface area contributed by atoms with Crippen LogP contribution in [0.1, 0.15) is 5.56 Å². The Morgan fingerprint density at radius 3 is 2.50 bits per heavy atom. The molecule has 0 spiro atoms. The maximum absolute atomic E-state index is 5.71. The Morgan fingerprint density at radius 2 is 1.80 bits per heavy atom. The summed E-state index contributed by atoms with van der Waals surface area (Å²) in [6.07, 6.45) is 1.13. The van der Waals surface area contributed by atoms with Crippen molar-refractivity contribution < 1.29 is 14.2 Å². The normalized spacial score (nSPS) is 11.7. The molecule has 3 nitrogen and oxygen atoms in total. The highest BCUT2D eigenvalue weighted by molar-refractivity contribution is 5.33. The van der Waals surface area contributed by atoms with Gasteiger partial charge in [0.05, 0.1) is 13.7 Å². The Kier molecular flexibility index (Phi) is 5.21. The van der Waals surface area contributed by atoms with Crippen LogP contribution in [-0.2, 0) is 11.3 Å². The van der Waals surface area contributed by atoms with Gasteiger partial charge in [-0.25, -0.2) is 0 Å². The molecule has 2 aromatic carbocycles. The lowest BCUT2D eigenvalue weighted by atomic mass is 10.2. The van der Waals surface area contributed by atoms with Gasteiger partial charge in [0.15, 0.2) is 0 Å². The molecule has 0 fully saturated rings. The van der Waals surface area contributed by atoms with E-state index in [0.29, 0.717) is 12.4 Å². The second-order valence-corrected chi connectivity index (χ2v) is 4.20. The van der Waals surface area contributed by atoms with Crippen molar-refractivity contribution in [3.05, 3.63) is 72.8 Å². The molecule has 0 radical (unpaired) electrons. The van der Waals surface area contributed by atoms with Gasteiger partial charge in [-0.2, -0.15) is 0 Å². The summed E-state index contributed by atoms with van der Waals surface area (Å²) in [5.74, 6) is 1.43. The topological polar surface area (TPSA) is 27.7 Å². The number of rotatable bonds is 7. The zero-order chi connectivity index (χ0) is 14.2. The first kappa shape index (κ1) is 14.2. The lowest BCUT2D eigenvalue weighted by molar-refractivity contribution is -0.0553. The van der Waals surface area contributed by atoms with E-state index in [0.717, 1.165) is 11.3 Å². The van der Waals surface area contributed by atoms with Crippen LogP contribution in [0.2, 0.25) is 0 Å². The summed E-state index contributed by atoms with van der Waals surface area (Å²) < 4.78 is 16.5. The average Bonchev–Trinajstić information content (AvgIpc) is 2.52. The van der Waals surface area contributed by atoms with E-state index in [1.165, 1.54) is 0 Å². The highest BCUT2D eigenvalue weighted by Crippen LogP contribution is 2.20. The minimum atomic E-state index is -0.498. The third-order valence-electron chi connectivity index (χ3n) is 2.74. The minimum Gasteiger partial charge on any atom is -0.497 e. The lowest BCUT2D eigenvalue weighted by Gasteiger charge is -2.16. The Labute approximate surface area is 119 Å². The first-order valence-corrected chi connectivity index (χ1v) is 6.40. The summed E-state index contributed by atoms with van der Waals surface area (Å²) in [6, 6.07) is 17.3. The molecule has 0 unspecified atom stereocenters. The van der Waals surface area contributed by atoms with Crippen LogP contribution in [0, 0.1) is 0 Å². The Balaban J connectivity index is 1.93. The van der Waals surface area contributed by atoms with Gasteiger partial charge < -0.3 is 14.2 Å². The van der Waals surface area contributed by atoms with Gasteiger partial charge in [-0.3, -0.25) is 0 Å². The van der Waals surface area contributed by atoms with E-state index in [-0.39, 0.29) is 0 Å². The minimum absolute atomic E-state index is 0.474. The molecule has 3 heteroatoms. The van der Waals surface area contributed by atoms with Crippen molar-refractivity contribution in [2.24, 2.45) is 0 Å². The van der Waals surface area contributed by atoms with E-state index in [9.17, 15) is 0 Å². The highest BCUT2D eigenvalue weighted by atomic mass is 16.7. The van der Waals surface area contributed by atoms with Gasteiger partial charge >= 0.3 is 0 Å². The standard InChI is InChI=1S/C17H18O3/c1-3-17(19-13-14-8-5-4-6-9-14)20-16-11-7-10-15(12-16)18-2/h3-12,17H,1,13H2,2H3/t17-/m0/s1. The molecular formula is C17H18O3. The Morgan fingerprint density at radius 1 is 1.05 bits per heavy atom. The smallest absolute Gasteiger partial charge is 0.219 e. The molecule has 1 atom stereocenters. The van der Waals surface area contributed by atoms with E-state index < -0.39 is 6.29 Å². The van der Waals surface area contributed by atoms with Crippen molar-refractivity contribution in [1.29, 1.82) is 0 Å². The summed E-state index contributed by atoms with van der Waals surface area (Å²) in [4.78, 5) is 0. The summed E-state index contributed by atoms with van der Waals surface area (Å²) in [6.45, 7) is 4.20. The molecule has 0 bridgehead atoms. The van der Waals surface area contributed by atoms with Crippen molar-refractivity contribution in [3.8, 4) is 11.5 Å². The molecule has 0 saturated carbocycles. The van der Waals surface area contributed by atoms with Crippen molar-refractivity contribution >= 4 is 0 Å². The first-order chi connectivity index (χ1) is 9.81. The van der Waals surface area contributed by atoms with Gasteiger partial charge in [-0.15, -0.1) is 0 Å². The fourth-order valence-electron chi connectivity index (χ4n) is 1.71. The van der Waals surface area contributed by atoms with Crippen LogP contribution in [0.3, 0.4) is 0 Å². The second-order valence-electron chi connectivity index (χ2n) is 4.20. The Hall–Kier alpha value is -2.26. The van der Waals surface area contributed by atoms with Gasteiger partial charge in [-0.05, 0) is 23.8 Å². The molecular weight excluding hydrogens is 252 g/mol. The molecule has 104 valence electrons. The zero-order valence-electron chi connectivity index (χ0n) is 11.5. The highest BCUT2D eigenvalue weighted by Gasteiger charge is 2.07. The van der Waals surface area contributed by atoms with E-state index in [2.05, 4.69) is 6.58 Å². The molecule has 0 aromatic heterocycles. The monoisotopic (exact) mass is 270 g/mol. The van der Waals surface area contributed by atoms with Gasteiger partial charge in [0.1, 0.15) is 11.5 Å². The molecule has 2 rings (SSSR count). The van der Waals surface area contributed by atoms with Crippen molar-refractivity contribution in [1.82, 2.24) is 0 Å². The largest absolute Gasteiger partial charge is 0.497 e. The van der Waals surface area contributed by atoms with Crippen LogP contribution < -0.4 is 9.47 Å². The van der Waals surface area contributed by atoms with Gasteiger partial charge in [0.25, 0.3) is 0 Å². The average molecular weight is 270 g/mol. The molecule has 0 N–H and O–H groups in total. The summed E-state index contributed by atoms with van der Waals surface area (Å²) in [5.41, 5.74) is 1.09. The van der Waals surface area contributed by atoms with E-state index in [1.54, 1.807) is 13.2 Å². The summed E-state index contributed by atoms with van der Waals surface area (Å²) >= 11 is 0. The molecule has 2 aromatic rings. The lowest BCUT2D eigenvalue weighted by Crippen LogP contribution is -2.17. The molecule has 0 aliphatic rings. The van der Waals surface area contributed by atoms with Crippen LogP contribution in [0.15, 0.2) is 67.3 Å². The summed E-state index contributed by atoms with van der Waals surface area (Å²) in [7, 11) is 1.62. The van der Waals surface area contributed by atoms with Crippen LogP contribution >= 0.6 is 0 Å². The number of methoxy groups -OCH3 is 1. The van der Waals surface area contributed by atoms with E-state index in [4.69, 9.17) is 14.2 Å². The van der Waals surface area contributed by atoms with Crippen molar-refractivity contribution in [3.63, 3.8) is 0 Å². The molecule has 0 heterocycles. The fourth-order valence-corrected chi connectivity index (χ4v) is 1.71. The maximum Gasteiger partial charge on any atom is 0.219 e. The zero-order valence-corrected chi connectivity index (χ0v) is 11.5. The fraction of sp³-hybridized carbons (Fsp3) is 0.176. The molecule has 0 amide bonds. The quantitative estimate of drug-likeness (QED) is 0.565. The first-order valence-electron chi connectivity index (χ1n) is 6.40. The third-order valence-corrected chi connectivity index (χ3v) is 2.74. The van der Waals surface area contributed by atoms with Crippen LogP contribution in [-0.4, -0.2) is 13.4 Å². The van der Waals surface area contributed by atoms with E-state index in [1.807, 2.05) is 54.6 Å². The third kappa shape index (κ3) is 4.14. The number of hydrogen-bond acceptors (Lipinski definition) is 3. The number of ether oxygens (including phenoxy) is 3. The van der Waals surface area contributed by atoms with Crippen LogP contribution in [0.25, 0.3) is 0 Å². The summed E-state index contributed by atoms with van der Waals surface area (Å²) in [5, 5.41) is 0. The SMILES string of the molecule is C=C[C@@H](OCc1ccccc1)Oc1cccc(OC)c1. The molecule has 0 aliphatic heterocycles. The predicted molar refractivity (Wildman–Crippen MR) is 78.8 cm³/mol. The van der Waals surface area contributed by atoms with Crippen molar-refractivity contribution in [2.45, 2.75) is 12.9 Å². The molecule has 20 heavy (non-hydrogen) atoms. The van der Waals surface area contributed by atoms with Crippen LogP contribution in [0.5, 0.6) is 11.5 Å². The maximum atomic E-state index is 5.71. The number of benzene rings is 2. The number of hydrogen-bond donors (Lipinski definition) is 0. The molecule has 0 saturated heterocycles. The second kappa shape index (κ2) is 7.36.